The van der Waals surface area contributed by atoms with Crippen LogP contribution >= 0.6 is 11.6 Å². The molecule has 0 aromatic heterocycles. The number of hydrogen-bond donors (Lipinski definition) is 1. The molecule has 1 saturated carbocycles. The largest absolute Gasteiger partial charge is 0.393 e. The Kier molecular flexibility index (Phi) is 4.41. The normalized spacial score (nSPS) is 25.6. The first-order valence-corrected chi connectivity index (χ1v) is 6.65. The van der Waals surface area contributed by atoms with Crippen molar-refractivity contribution in [3.63, 3.8) is 0 Å². The quantitative estimate of drug-likeness (QED) is 0.794. The van der Waals surface area contributed by atoms with Gasteiger partial charge in [0.15, 0.2) is 0 Å². The van der Waals surface area contributed by atoms with Gasteiger partial charge in [-0.25, -0.2) is 4.39 Å². The van der Waals surface area contributed by atoms with Crippen LogP contribution in [0.2, 0.25) is 5.02 Å². The Morgan fingerprint density at radius 1 is 1.29 bits per heavy atom. The summed E-state index contributed by atoms with van der Waals surface area (Å²) in [6.45, 7) is 0. The predicted molar refractivity (Wildman–Crippen MR) is 67.7 cm³/mol. The molecule has 2 rings (SSSR count). The third-order valence-electron chi connectivity index (χ3n) is 3.53. The average Bonchev–Trinajstić information content (AvgIpc) is 2.47. The van der Waals surface area contributed by atoms with Crippen LogP contribution in [-0.4, -0.2) is 11.2 Å². The van der Waals surface area contributed by atoms with Crippen LogP contribution in [0.1, 0.15) is 37.7 Å². The molecule has 1 aromatic rings. The molecule has 2 unspecified atom stereocenters. The smallest absolute Gasteiger partial charge is 0.124 e. The minimum Gasteiger partial charge on any atom is -0.393 e. The van der Waals surface area contributed by atoms with E-state index in [1.165, 1.54) is 18.6 Å². The van der Waals surface area contributed by atoms with E-state index in [0.717, 1.165) is 37.7 Å². The van der Waals surface area contributed by atoms with Crippen molar-refractivity contribution in [2.24, 2.45) is 5.92 Å². The Morgan fingerprint density at radius 2 is 2.06 bits per heavy atom. The van der Waals surface area contributed by atoms with Gasteiger partial charge in [0.25, 0.3) is 0 Å². The van der Waals surface area contributed by atoms with E-state index < -0.39 is 0 Å². The van der Waals surface area contributed by atoms with Gasteiger partial charge in [0.2, 0.25) is 0 Å². The summed E-state index contributed by atoms with van der Waals surface area (Å²) in [6, 6.07) is 4.58. The molecule has 0 amide bonds. The molecule has 1 fully saturated rings. The van der Waals surface area contributed by atoms with Crippen molar-refractivity contribution in [3.05, 3.63) is 34.6 Å². The number of rotatable bonds is 2. The lowest BCUT2D eigenvalue weighted by molar-refractivity contribution is 0.141. The summed E-state index contributed by atoms with van der Waals surface area (Å²) in [5, 5.41) is 10.3. The van der Waals surface area contributed by atoms with Gasteiger partial charge in [-0.15, -0.1) is 0 Å². The van der Waals surface area contributed by atoms with E-state index in [2.05, 4.69) is 0 Å². The fourth-order valence-electron chi connectivity index (χ4n) is 2.62. The number of benzene rings is 1. The molecular formula is C14H18ClFO. The zero-order chi connectivity index (χ0) is 12.3. The molecule has 0 radical (unpaired) electrons. The van der Waals surface area contributed by atoms with Crippen molar-refractivity contribution >= 4 is 11.6 Å². The molecule has 94 valence electrons. The van der Waals surface area contributed by atoms with Gasteiger partial charge < -0.3 is 5.11 Å². The molecule has 0 saturated heterocycles. The van der Waals surface area contributed by atoms with E-state index in [-0.39, 0.29) is 11.9 Å². The molecule has 0 bridgehead atoms. The predicted octanol–water partition coefficient (Wildman–Crippen LogP) is 3.96. The molecule has 1 N–H and O–H groups in total. The average molecular weight is 257 g/mol. The summed E-state index contributed by atoms with van der Waals surface area (Å²) in [5.74, 6) is 0.176. The minimum absolute atomic E-state index is 0.179. The maximum absolute atomic E-state index is 12.9. The Morgan fingerprint density at radius 3 is 2.82 bits per heavy atom. The molecule has 2 atom stereocenters. The standard InChI is InChI=1S/C14H18ClFO/c15-14-9-12(16)6-5-11(14)7-10-3-1-2-4-13(17)8-10/h5-6,9-10,13,17H,1-4,7-8H2. The molecule has 1 aromatic carbocycles. The zero-order valence-electron chi connectivity index (χ0n) is 9.83. The molecule has 1 aliphatic rings. The van der Waals surface area contributed by atoms with Gasteiger partial charge in [0.05, 0.1) is 6.10 Å². The van der Waals surface area contributed by atoms with Crippen molar-refractivity contribution in [2.75, 3.05) is 0 Å². The van der Waals surface area contributed by atoms with Crippen LogP contribution in [0.25, 0.3) is 0 Å². The van der Waals surface area contributed by atoms with Gasteiger partial charge >= 0.3 is 0 Å². The molecule has 17 heavy (non-hydrogen) atoms. The van der Waals surface area contributed by atoms with E-state index in [1.54, 1.807) is 6.07 Å². The molecule has 0 aliphatic heterocycles. The Labute approximate surface area is 107 Å². The van der Waals surface area contributed by atoms with Crippen LogP contribution < -0.4 is 0 Å². The summed E-state index contributed by atoms with van der Waals surface area (Å²) in [5.41, 5.74) is 0.993. The van der Waals surface area contributed by atoms with E-state index in [0.29, 0.717) is 10.9 Å². The first-order valence-electron chi connectivity index (χ1n) is 6.27. The maximum Gasteiger partial charge on any atom is 0.124 e. The van der Waals surface area contributed by atoms with Crippen molar-refractivity contribution in [2.45, 2.75) is 44.6 Å². The number of aliphatic hydroxyl groups excluding tert-OH is 1. The fourth-order valence-corrected chi connectivity index (χ4v) is 2.86. The Balaban J connectivity index is 2.03. The zero-order valence-corrected chi connectivity index (χ0v) is 10.6. The number of aliphatic hydroxyl groups is 1. The van der Waals surface area contributed by atoms with Gasteiger partial charge in [0.1, 0.15) is 5.82 Å². The maximum atomic E-state index is 12.9. The minimum atomic E-state index is -0.292. The molecule has 0 spiro atoms. The third-order valence-corrected chi connectivity index (χ3v) is 3.88. The van der Waals surface area contributed by atoms with Crippen molar-refractivity contribution < 1.29 is 9.50 Å². The monoisotopic (exact) mass is 256 g/mol. The van der Waals surface area contributed by atoms with Crippen LogP contribution in [0.4, 0.5) is 4.39 Å². The highest BCUT2D eigenvalue weighted by molar-refractivity contribution is 6.31. The highest BCUT2D eigenvalue weighted by atomic mass is 35.5. The van der Waals surface area contributed by atoms with Crippen LogP contribution in [-0.2, 0) is 6.42 Å². The second-order valence-corrected chi connectivity index (χ2v) is 5.39. The van der Waals surface area contributed by atoms with E-state index in [1.807, 2.05) is 0 Å². The first-order chi connectivity index (χ1) is 8.15. The lowest BCUT2D eigenvalue weighted by Crippen LogP contribution is -2.12. The molecule has 1 aliphatic carbocycles. The van der Waals surface area contributed by atoms with Crippen LogP contribution in [0, 0.1) is 11.7 Å². The van der Waals surface area contributed by atoms with Gasteiger partial charge in [-0.3, -0.25) is 0 Å². The number of halogens is 2. The van der Waals surface area contributed by atoms with Crippen LogP contribution in [0.15, 0.2) is 18.2 Å². The second-order valence-electron chi connectivity index (χ2n) is 4.98. The SMILES string of the molecule is OC1CCCCC(Cc2ccc(F)cc2Cl)C1. The summed E-state index contributed by atoms with van der Waals surface area (Å²) < 4.78 is 12.9. The molecule has 0 heterocycles. The van der Waals surface area contributed by atoms with Gasteiger partial charge in [-0.2, -0.15) is 0 Å². The fraction of sp³-hybridized carbons (Fsp3) is 0.571. The summed E-state index contributed by atoms with van der Waals surface area (Å²) in [4.78, 5) is 0. The first kappa shape index (κ1) is 12.8. The number of hydrogen-bond acceptors (Lipinski definition) is 1. The highest BCUT2D eigenvalue weighted by Crippen LogP contribution is 2.29. The summed E-state index contributed by atoms with van der Waals surface area (Å²) in [7, 11) is 0. The van der Waals surface area contributed by atoms with Crippen LogP contribution in [0.3, 0.4) is 0 Å². The topological polar surface area (TPSA) is 20.2 Å². The summed E-state index contributed by atoms with van der Waals surface area (Å²) >= 11 is 6.02. The molecule has 1 nitrogen and oxygen atoms in total. The van der Waals surface area contributed by atoms with Crippen molar-refractivity contribution in [1.82, 2.24) is 0 Å². The van der Waals surface area contributed by atoms with Gasteiger partial charge in [-0.05, 0) is 42.9 Å². The third kappa shape index (κ3) is 3.68. The summed E-state index contributed by atoms with van der Waals surface area (Å²) in [6.07, 6.45) is 5.82. The van der Waals surface area contributed by atoms with E-state index >= 15 is 0 Å². The van der Waals surface area contributed by atoms with Crippen molar-refractivity contribution in [1.29, 1.82) is 0 Å². The second kappa shape index (κ2) is 5.83. The van der Waals surface area contributed by atoms with Gasteiger partial charge in [0, 0.05) is 5.02 Å². The van der Waals surface area contributed by atoms with E-state index in [9.17, 15) is 9.50 Å². The molecule has 3 heteroatoms. The lowest BCUT2D eigenvalue weighted by Gasteiger charge is -2.17. The van der Waals surface area contributed by atoms with Gasteiger partial charge in [-0.1, -0.05) is 36.9 Å². The Bertz CT molecular complexity index is 380. The Hall–Kier alpha value is -0.600. The molecular weight excluding hydrogens is 239 g/mol. The van der Waals surface area contributed by atoms with Crippen molar-refractivity contribution in [3.8, 4) is 0 Å². The van der Waals surface area contributed by atoms with E-state index in [4.69, 9.17) is 11.6 Å². The highest BCUT2D eigenvalue weighted by Gasteiger charge is 2.19. The lowest BCUT2D eigenvalue weighted by atomic mass is 9.92. The van der Waals surface area contributed by atoms with Crippen LogP contribution in [0.5, 0.6) is 0 Å².